The molecule has 0 amide bonds. The predicted molar refractivity (Wildman–Crippen MR) is 68.7 cm³/mol. The standard InChI is InChI=1S/C9H20N2O3S2/c1-3-8(4-2)11(5-6-12)16(13,14)7-9(10)15/h8,12H,3-7H2,1-2H3,(H2,10,15). The highest BCUT2D eigenvalue weighted by Crippen LogP contribution is 2.13. The van der Waals surface area contributed by atoms with Crippen LogP contribution in [0.1, 0.15) is 26.7 Å². The first kappa shape index (κ1) is 15.8. The summed E-state index contributed by atoms with van der Waals surface area (Å²) in [7, 11) is -3.50. The molecule has 0 spiro atoms. The fraction of sp³-hybridized carbons (Fsp3) is 0.889. The maximum atomic E-state index is 11.9. The molecule has 0 fully saturated rings. The fourth-order valence-electron chi connectivity index (χ4n) is 1.61. The number of nitrogens with two attached hydrogens (primary N) is 1. The Bertz CT molecular complexity index is 313. The van der Waals surface area contributed by atoms with Gasteiger partial charge in [-0.15, -0.1) is 0 Å². The number of thiocarbonyl (C=S) groups is 1. The third kappa shape index (κ3) is 4.73. The smallest absolute Gasteiger partial charge is 0.220 e. The van der Waals surface area contributed by atoms with Gasteiger partial charge in [0.05, 0.1) is 11.6 Å². The van der Waals surface area contributed by atoms with E-state index in [4.69, 9.17) is 10.8 Å². The normalized spacial score (nSPS) is 12.3. The van der Waals surface area contributed by atoms with Gasteiger partial charge in [-0.1, -0.05) is 26.1 Å². The van der Waals surface area contributed by atoms with Crippen LogP contribution in [0.25, 0.3) is 0 Å². The van der Waals surface area contributed by atoms with Crippen molar-refractivity contribution in [2.75, 3.05) is 18.9 Å². The second kappa shape index (κ2) is 7.16. The molecule has 0 bridgehead atoms. The van der Waals surface area contributed by atoms with Crippen molar-refractivity contribution in [3.63, 3.8) is 0 Å². The van der Waals surface area contributed by atoms with E-state index in [1.165, 1.54) is 4.31 Å². The van der Waals surface area contributed by atoms with Crippen LogP contribution < -0.4 is 5.73 Å². The van der Waals surface area contributed by atoms with Crippen LogP contribution in [-0.2, 0) is 10.0 Å². The first-order valence-electron chi connectivity index (χ1n) is 5.27. The van der Waals surface area contributed by atoms with Crippen molar-refractivity contribution in [1.29, 1.82) is 0 Å². The average Bonchev–Trinajstić information content (AvgIpc) is 2.16. The largest absolute Gasteiger partial charge is 0.395 e. The number of rotatable bonds is 8. The van der Waals surface area contributed by atoms with E-state index in [-0.39, 0.29) is 29.9 Å². The van der Waals surface area contributed by atoms with Crippen LogP contribution in [0.4, 0.5) is 0 Å². The van der Waals surface area contributed by atoms with Gasteiger partial charge in [0.25, 0.3) is 0 Å². The second-order valence-electron chi connectivity index (χ2n) is 3.53. The molecule has 96 valence electrons. The van der Waals surface area contributed by atoms with Crippen LogP contribution in [0.3, 0.4) is 0 Å². The molecule has 0 saturated carbocycles. The van der Waals surface area contributed by atoms with E-state index >= 15 is 0 Å². The number of hydrogen-bond acceptors (Lipinski definition) is 4. The van der Waals surface area contributed by atoms with Gasteiger partial charge in [-0.3, -0.25) is 0 Å². The number of aliphatic hydroxyl groups excluding tert-OH is 1. The molecular weight excluding hydrogens is 248 g/mol. The zero-order chi connectivity index (χ0) is 12.8. The molecule has 7 heteroatoms. The van der Waals surface area contributed by atoms with E-state index in [0.29, 0.717) is 12.8 Å². The summed E-state index contributed by atoms with van der Waals surface area (Å²) in [5.74, 6) is -0.334. The van der Waals surface area contributed by atoms with Crippen LogP contribution in [-0.4, -0.2) is 47.8 Å². The lowest BCUT2D eigenvalue weighted by Crippen LogP contribution is -2.44. The van der Waals surface area contributed by atoms with Gasteiger partial charge < -0.3 is 10.8 Å². The van der Waals surface area contributed by atoms with Crippen LogP contribution in [0, 0.1) is 0 Å². The molecule has 0 aromatic heterocycles. The van der Waals surface area contributed by atoms with Gasteiger partial charge in [0, 0.05) is 12.6 Å². The van der Waals surface area contributed by atoms with Crippen molar-refractivity contribution < 1.29 is 13.5 Å². The van der Waals surface area contributed by atoms with Gasteiger partial charge in [-0.05, 0) is 12.8 Å². The van der Waals surface area contributed by atoms with E-state index < -0.39 is 10.0 Å². The van der Waals surface area contributed by atoms with Gasteiger partial charge in [-0.2, -0.15) is 4.31 Å². The molecule has 0 saturated heterocycles. The summed E-state index contributed by atoms with van der Waals surface area (Å²) >= 11 is 4.62. The summed E-state index contributed by atoms with van der Waals surface area (Å²) in [5, 5.41) is 8.90. The summed E-state index contributed by atoms with van der Waals surface area (Å²) < 4.78 is 25.2. The predicted octanol–water partition coefficient (Wildman–Crippen LogP) is 0.0852. The van der Waals surface area contributed by atoms with E-state index in [1.807, 2.05) is 13.8 Å². The van der Waals surface area contributed by atoms with Crippen LogP contribution in [0.2, 0.25) is 0 Å². The van der Waals surface area contributed by atoms with Crippen LogP contribution >= 0.6 is 12.2 Å². The molecule has 5 nitrogen and oxygen atoms in total. The summed E-state index contributed by atoms with van der Waals surface area (Å²) in [6.07, 6.45) is 1.40. The lowest BCUT2D eigenvalue weighted by Gasteiger charge is -2.28. The highest BCUT2D eigenvalue weighted by molar-refractivity contribution is 7.92. The van der Waals surface area contributed by atoms with Gasteiger partial charge >= 0.3 is 0 Å². The Morgan fingerprint density at radius 2 is 1.94 bits per heavy atom. The molecular formula is C9H20N2O3S2. The lowest BCUT2D eigenvalue weighted by atomic mass is 10.2. The first-order chi connectivity index (χ1) is 7.38. The molecule has 0 atom stereocenters. The summed E-state index contributed by atoms with van der Waals surface area (Å²) in [5.41, 5.74) is 5.26. The summed E-state index contributed by atoms with van der Waals surface area (Å²) in [6, 6.07) is -0.105. The Balaban J connectivity index is 4.95. The SMILES string of the molecule is CCC(CC)N(CCO)S(=O)(=O)CC(N)=S. The molecule has 0 aliphatic rings. The molecule has 0 heterocycles. The Hall–Kier alpha value is -0.240. The lowest BCUT2D eigenvalue weighted by molar-refractivity contribution is 0.220. The Morgan fingerprint density at radius 3 is 2.25 bits per heavy atom. The Morgan fingerprint density at radius 1 is 1.44 bits per heavy atom. The molecule has 0 rings (SSSR count). The zero-order valence-electron chi connectivity index (χ0n) is 9.72. The second-order valence-corrected chi connectivity index (χ2v) is 5.97. The molecule has 0 unspecified atom stereocenters. The quantitative estimate of drug-likeness (QED) is 0.609. The third-order valence-corrected chi connectivity index (χ3v) is 4.55. The Kier molecular flexibility index (Phi) is 7.05. The van der Waals surface area contributed by atoms with E-state index in [0.717, 1.165) is 0 Å². The van der Waals surface area contributed by atoms with Crippen LogP contribution in [0.5, 0.6) is 0 Å². The summed E-state index contributed by atoms with van der Waals surface area (Å²) in [4.78, 5) is -0.0473. The van der Waals surface area contributed by atoms with E-state index in [1.54, 1.807) is 0 Å². The van der Waals surface area contributed by atoms with Gasteiger partial charge in [-0.25, -0.2) is 8.42 Å². The van der Waals surface area contributed by atoms with Crippen molar-refractivity contribution in [1.82, 2.24) is 4.31 Å². The number of sulfonamides is 1. The zero-order valence-corrected chi connectivity index (χ0v) is 11.4. The maximum absolute atomic E-state index is 11.9. The van der Waals surface area contributed by atoms with Gasteiger partial charge in [0.2, 0.25) is 10.0 Å². The first-order valence-corrected chi connectivity index (χ1v) is 7.29. The van der Waals surface area contributed by atoms with Crippen molar-refractivity contribution in [3.8, 4) is 0 Å². The van der Waals surface area contributed by atoms with Crippen LogP contribution in [0.15, 0.2) is 0 Å². The summed E-state index contributed by atoms with van der Waals surface area (Å²) in [6.45, 7) is 3.72. The average molecular weight is 268 g/mol. The topological polar surface area (TPSA) is 83.6 Å². The highest BCUT2D eigenvalue weighted by Gasteiger charge is 2.27. The third-order valence-electron chi connectivity index (χ3n) is 2.35. The van der Waals surface area contributed by atoms with E-state index in [9.17, 15) is 8.42 Å². The molecule has 0 radical (unpaired) electrons. The van der Waals surface area contributed by atoms with Crippen molar-refractivity contribution >= 4 is 27.2 Å². The number of nitrogens with zero attached hydrogens (tertiary/aromatic N) is 1. The molecule has 16 heavy (non-hydrogen) atoms. The van der Waals surface area contributed by atoms with Crippen molar-refractivity contribution in [2.24, 2.45) is 5.73 Å². The van der Waals surface area contributed by atoms with Crippen molar-refractivity contribution in [3.05, 3.63) is 0 Å². The fourth-order valence-corrected chi connectivity index (χ4v) is 3.69. The van der Waals surface area contributed by atoms with Crippen molar-refractivity contribution in [2.45, 2.75) is 32.7 Å². The number of aliphatic hydroxyl groups is 1. The minimum Gasteiger partial charge on any atom is -0.395 e. The molecule has 0 aromatic carbocycles. The minimum atomic E-state index is -3.50. The highest BCUT2D eigenvalue weighted by atomic mass is 32.2. The Labute approximate surface area is 103 Å². The van der Waals surface area contributed by atoms with Gasteiger partial charge in [0.15, 0.2) is 0 Å². The number of hydrogen-bond donors (Lipinski definition) is 2. The maximum Gasteiger partial charge on any atom is 0.220 e. The van der Waals surface area contributed by atoms with Gasteiger partial charge in [0.1, 0.15) is 5.75 Å². The minimum absolute atomic E-state index is 0.0473. The van der Waals surface area contributed by atoms with E-state index in [2.05, 4.69) is 12.2 Å². The molecule has 0 aliphatic heterocycles. The molecule has 0 aromatic rings. The molecule has 3 N–H and O–H groups in total. The monoisotopic (exact) mass is 268 g/mol. The molecule has 0 aliphatic carbocycles.